The molecule has 0 spiro atoms. The number of benzene rings is 2. The van der Waals surface area contributed by atoms with E-state index in [9.17, 15) is 4.39 Å². The Morgan fingerprint density at radius 3 is 2.87 bits per heavy atom. The van der Waals surface area contributed by atoms with E-state index in [1.165, 1.54) is 6.07 Å². The molecule has 31 heavy (non-hydrogen) atoms. The Labute approximate surface area is 178 Å². The van der Waals surface area contributed by atoms with Gasteiger partial charge in [0.05, 0.1) is 18.3 Å². The van der Waals surface area contributed by atoms with Crippen LogP contribution in [0, 0.1) is 12.7 Å². The maximum Gasteiger partial charge on any atom is 0.131 e. The lowest BCUT2D eigenvalue weighted by Crippen LogP contribution is -2.12. The van der Waals surface area contributed by atoms with E-state index in [2.05, 4.69) is 30.9 Å². The summed E-state index contributed by atoms with van der Waals surface area (Å²) in [6, 6.07) is 15.2. The van der Waals surface area contributed by atoms with Crippen molar-refractivity contribution in [2.45, 2.75) is 13.5 Å². The second-order valence-electron chi connectivity index (χ2n) is 7.47. The van der Waals surface area contributed by atoms with Gasteiger partial charge in [0, 0.05) is 59.0 Å². The molecule has 0 unspecified atom stereocenters. The van der Waals surface area contributed by atoms with Crippen LogP contribution in [0.2, 0.25) is 0 Å². The third kappa shape index (κ3) is 3.59. The average molecular weight is 415 g/mol. The number of rotatable bonds is 6. The van der Waals surface area contributed by atoms with Crippen LogP contribution in [0.15, 0.2) is 61.1 Å². The summed E-state index contributed by atoms with van der Waals surface area (Å²) in [5.41, 5.74) is 4.85. The van der Waals surface area contributed by atoms with E-state index in [4.69, 9.17) is 4.74 Å². The monoisotopic (exact) mass is 415 g/mol. The molecule has 2 aromatic carbocycles. The number of ether oxygens (including phenoxy) is 1. The predicted molar refractivity (Wildman–Crippen MR) is 121 cm³/mol. The molecule has 0 atom stereocenters. The molecule has 0 saturated heterocycles. The van der Waals surface area contributed by atoms with Gasteiger partial charge in [-0.3, -0.25) is 0 Å². The van der Waals surface area contributed by atoms with Gasteiger partial charge in [0.15, 0.2) is 0 Å². The van der Waals surface area contributed by atoms with Gasteiger partial charge in [-0.2, -0.15) is 0 Å². The Hall–Kier alpha value is -3.87. The molecule has 5 aromatic rings. The second kappa shape index (κ2) is 7.75. The lowest BCUT2D eigenvalue weighted by molar-refractivity contribution is 0.416. The fourth-order valence-electron chi connectivity index (χ4n) is 4.01. The summed E-state index contributed by atoms with van der Waals surface area (Å²) in [4.78, 5) is 12.0. The SMILES string of the molecule is COc1cc(F)cc2c1cc(C)n2CCNc1cc(-c2ccc3[nH]ccc3c2)ncn1. The van der Waals surface area contributed by atoms with E-state index >= 15 is 0 Å². The van der Waals surface area contributed by atoms with E-state index in [0.29, 0.717) is 18.8 Å². The molecule has 0 bridgehead atoms. The molecule has 3 heterocycles. The van der Waals surface area contributed by atoms with Crippen molar-refractivity contribution in [2.24, 2.45) is 0 Å². The summed E-state index contributed by atoms with van der Waals surface area (Å²) in [5.74, 6) is 0.984. The Morgan fingerprint density at radius 2 is 2.00 bits per heavy atom. The zero-order chi connectivity index (χ0) is 21.4. The van der Waals surface area contributed by atoms with Crippen LogP contribution in [0.3, 0.4) is 0 Å². The normalized spacial score (nSPS) is 11.3. The number of hydrogen-bond acceptors (Lipinski definition) is 4. The van der Waals surface area contributed by atoms with Gasteiger partial charge >= 0.3 is 0 Å². The quantitative estimate of drug-likeness (QED) is 0.403. The fraction of sp³-hybridized carbons (Fsp3) is 0.167. The van der Waals surface area contributed by atoms with Crippen LogP contribution in [0.25, 0.3) is 33.1 Å². The van der Waals surface area contributed by atoms with Crippen molar-refractivity contribution in [3.05, 3.63) is 72.6 Å². The van der Waals surface area contributed by atoms with Crippen molar-refractivity contribution in [1.29, 1.82) is 0 Å². The van der Waals surface area contributed by atoms with Gasteiger partial charge in [-0.05, 0) is 37.3 Å². The lowest BCUT2D eigenvalue weighted by atomic mass is 10.1. The second-order valence-corrected chi connectivity index (χ2v) is 7.47. The highest BCUT2D eigenvalue weighted by Crippen LogP contribution is 2.30. The number of aryl methyl sites for hydroxylation is 1. The number of aromatic nitrogens is 4. The van der Waals surface area contributed by atoms with Crippen molar-refractivity contribution < 1.29 is 9.13 Å². The van der Waals surface area contributed by atoms with E-state index in [1.807, 2.05) is 43.5 Å². The van der Waals surface area contributed by atoms with Crippen LogP contribution < -0.4 is 10.1 Å². The molecule has 0 radical (unpaired) electrons. The van der Waals surface area contributed by atoms with Gasteiger partial charge in [0.1, 0.15) is 23.7 Å². The van der Waals surface area contributed by atoms with Gasteiger partial charge in [0.25, 0.3) is 0 Å². The highest BCUT2D eigenvalue weighted by molar-refractivity contribution is 5.87. The van der Waals surface area contributed by atoms with Gasteiger partial charge in [-0.15, -0.1) is 0 Å². The summed E-state index contributed by atoms with van der Waals surface area (Å²) < 4.78 is 21.4. The molecule has 0 saturated carbocycles. The minimum Gasteiger partial charge on any atom is -0.496 e. The van der Waals surface area contributed by atoms with Crippen LogP contribution in [-0.4, -0.2) is 33.2 Å². The Kier molecular flexibility index (Phi) is 4.78. The molecule has 0 aliphatic rings. The highest BCUT2D eigenvalue weighted by atomic mass is 19.1. The summed E-state index contributed by atoms with van der Waals surface area (Å²) in [6.07, 6.45) is 3.49. The van der Waals surface area contributed by atoms with Crippen LogP contribution >= 0.6 is 0 Å². The zero-order valence-corrected chi connectivity index (χ0v) is 17.3. The first kappa shape index (κ1) is 19.1. The van der Waals surface area contributed by atoms with Gasteiger partial charge < -0.3 is 19.6 Å². The molecule has 0 aliphatic heterocycles. The molecular weight excluding hydrogens is 393 g/mol. The number of halogens is 1. The summed E-state index contributed by atoms with van der Waals surface area (Å²) >= 11 is 0. The predicted octanol–water partition coefficient (Wildman–Crippen LogP) is 5.15. The minimum absolute atomic E-state index is 0.309. The Morgan fingerprint density at radius 1 is 1.10 bits per heavy atom. The van der Waals surface area contributed by atoms with Gasteiger partial charge in [-0.25, -0.2) is 14.4 Å². The maximum absolute atomic E-state index is 14.0. The van der Waals surface area contributed by atoms with Gasteiger partial charge in [-0.1, -0.05) is 6.07 Å². The number of nitrogens with one attached hydrogen (secondary N) is 2. The molecule has 0 aliphatic carbocycles. The molecule has 7 heteroatoms. The molecule has 5 rings (SSSR count). The number of aromatic amines is 1. The molecular formula is C24H22FN5O. The fourth-order valence-corrected chi connectivity index (χ4v) is 4.01. The molecule has 156 valence electrons. The number of nitrogens with zero attached hydrogens (tertiary/aromatic N) is 3. The van der Waals surface area contributed by atoms with Crippen molar-refractivity contribution in [1.82, 2.24) is 19.5 Å². The maximum atomic E-state index is 14.0. The Balaban J connectivity index is 1.35. The highest BCUT2D eigenvalue weighted by Gasteiger charge is 2.12. The molecule has 3 aromatic heterocycles. The molecule has 6 nitrogen and oxygen atoms in total. The standard InChI is InChI=1S/C24H22FN5O/c1-15-9-19-22(11-18(25)12-23(19)31-2)30(15)8-7-27-24-13-21(28-14-29-24)16-3-4-20-17(10-16)5-6-26-20/h3-6,9-14,26H,7-8H2,1-2H3,(H,27,28,29). The van der Waals surface area contributed by atoms with Crippen molar-refractivity contribution >= 4 is 27.6 Å². The van der Waals surface area contributed by atoms with Gasteiger partial charge in [0.2, 0.25) is 0 Å². The number of H-pyrrole nitrogens is 1. The first-order valence-electron chi connectivity index (χ1n) is 10.1. The Bertz CT molecular complexity index is 1390. The zero-order valence-electron chi connectivity index (χ0n) is 17.3. The van der Waals surface area contributed by atoms with Crippen molar-refractivity contribution in [3.8, 4) is 17.0 Å². The number of anilines is 1. The van der Waals surface area contributed by atoms with Crippen LogP contribution in [0.5, 0.6) is 5.75 Å². The number of fused-ring (bicyclic) bond motifs is 2. The third-order valence-electron chi connectivity index (χ3n) is 5.53. The summed E-state index contributed by atoms with van der Waals surface area (Å²) in [5, 5.41) is 5.41. The van der Waals surface area contributed by atoms with Crippen LogP contribution in [0.1, 0.15) is 5.69 Å². The van der Waals surface area contributed by atoms with Crippen molar-refractivity contribution in [3.63, 3.8) is 0 Å². The minimum atomic E-state index is -0.309. The smallest absolute Gasteiger partial charge is 0.131 e. The van der Waals surface area contributed by atoms with E-state index < -0.39 is 0 Å². The third-order valence-corrected chi connectivity index (χ3v) is 5.53. The largest absolute Gasteiger partial charge is 0.496 e. The topological polar surface area (TPSA) is 67.8 Å². The first-order chi connectivity index (χ1) is 15.1. The van der Waals surface area contributed by atoms with E-state index in [0.717, 1.165) is 44.6 Å². The summed E-state index contributed by atoms with van der Waals surface area (Å²) in [6.45, 7) is 3.31. The van der Waals surface area contributed by atoms with Crippen molar-refractivity contribution in [2.75, 3.05) is 19.0 Å². The van der Waals surface area contributed by atoms with E-state index in [-0.39, 0.29) is 5.82 Å². The number of hydrogen-bond donors (Lipinski definition) is 2. The molecule has 0 fully saturated rings. The summed E-state index contributed by atoms with van der Waals surface area (Å²) in [7, 11) is 1.56. The van der Waals surface area contributed by atoms with E-state index in [1.54, 1.807) is 19.5 Å². The lowest BCUT2D eigenvalue weighted by Gasteiger charge is -2.11. The first-order valence-corrected chi connectivity index (χ1v) is 10.1. The number of methoxy groups -OCH3 is 1. The average Bonchev–Trinajstić information content (AvgIpc) is 3.37. The van der Waals surface area contributed by atoms with Crippen LogP contribution in [0.4, 0.5) is 10.2 Å². The molecule has 0 amide bonds. The van der Waals surface area contributed by atoms with Crippen LogP contribution in [-0.2, 0) is 6.54 Å². The molecule has 2 N–H and O–H groups in total.